The van der Waals surface area contributed by atoms with E-state index in [4.69, 9.17) is 18.9 Å². The highest BCUT2D eigenvalue weighted by molar-refractivity contribution is 5.86. The molecule has 56 heavy (non-hydrogen) atoms. The summed E-state index contributed by atoms with van der Waals surface area (Å²) in [6.07, 6.45) is 3.62. The number of hydrogen-bond donors (Lipinski definition) is 4. The third-order valence-corrected chi connectivity index (χ3v) is 11.4. The molecule has 282 valence electrons. The maximum Gasteiger partial charge on any atom is 0.118 e. The second kappa shape index (κ2) is 14.9. The Balaban J connectivity index is 1.32. The molecule has 2 atom stereocenters. The molecule has 0 aliphatic carbocycles. The highest BCUT2D eigenvalue weighted by atomic mass is 16.5. The Morgan fingerprint density at radius 1 is 0.393 bits per heavy atom. The summed E-state index contributed by atoms with van der Waals surface area (Å²) in [5.41, 5.74) is 13.8. The Hall–Kier alpha value is -6.54. The number of aromatic amines is 2. The molecule has 4 N–H and O–H groups in total. The standard InChI is InChI=1S/C48H46N4O4/c1-53-33-13-5-29(6-14-33)45-37-21-23-39(49-37)46(30-7-15-34(54-2)16-8-30)41-25-27-43(51-41)48(32-11-19-36(56-4)20-12-32)44-28-26-42(52-44)47(40-24-22-38(45)50-40)31-9-17-35(55-3)18-10-31/h5-21,23,26,28,38,41,49-52H,22,24-25,27H2,1-4H3/b45-37-,46-39-,47-40-,48-43-. The van der Waals surface area contributed by atoms with Gasteiger partial charge in [-0.1, -0.05) is 48.5 Å². The molecule has 0 saturated carbocycles. The Labute approximate surface area is 327 Å². The zero-order valence-electron chi connectivity index (χ0n) is 32.2. The Kier molecular flexibility index (Phi) is 9.39. The number of benzene rings is 4. The maximum atomic E-state index is 5.57. The molecule has 2 fully saturated rings. The normalized spacial score (nSPS) is 22.3. The molecule has 8 bridgehead atoms. The van der Waals surface area contributed by atoms with Gasteiger partial charge in [0, 0.05) is 55.8 Å². The van der Waals surface area contributed by atoms with Crippen LogP contribution in [0.15, 0.2) is 133 Å². The van der Waals surface area contributed by atoms with Crippen LogP contribution >= 0.6 is 0 Å². The number of ether oxygens (including phenoxy) is 4. The van der Waals surface area contributed by atoms with Crippen LogP contribution in [0, 0.1) is 0 Å². The molecule has 8 nitrogen and oxygen atoms in total. The van der Waals surface area contributed by atoms with Crippen molar-refractivity contribution in [3.63, 3.8) is 0 Å². The third-order valence-electron chi connectivity index (χ3n) is 11.4. The molecular weight excluding hydrogens is 697 g/mol. The van der Waals surface area contributed by atoms with E-state index in [0.29, 0.717) is 0 Å². The van der Waals surface area contributed by atoms with Crippen molar-refractivity contribution in [1.82, 2.24) is 20.6 Å². The van der Waals surface area contributed by atoms with Crippen molar-refractivity contribution in [2.24, 2.45) is 0 Å². The lowest BCUT2D eigenvalue weighted by Crippen LogP contribution is -2.31. The van der Waals surface area contributed by atoms with Crippen molar-refractivity contribution in [1.29, 1.82) is 0 Å². The van der Waals surface area contributed by atoms with Crippen LogP contribution in [-0.2, 0) is 0 Å². The van der Waals surface area contributed by atoms with Crippen molar-refractivity contribution >= 4 is 22.3 Å². The first-order chi connectivity index (χ1) is 27.5. The molecular formula is C48H46N4O4. The minimum atomic E-state index is 0.0517. The molecule has 5 heterocycles. The number of allylic oxidation sites excluding steroid dienone is 2. The molecule has 3 aliphatic heterocycles. The van der Waals surface area contributed by atoms with Gasteiger partial charge in [-0.15, -0.1) is 0 Å². The smallest absolute Gasteiger partial charge is 0.118 e. The largest absolute Gasteiger partial charge is 0.497 e. The number of hydrogen-bond acceptors (Lipinski definition) is 6. The van der Waals surface area contributed by atoms with Gasteiger partial charge in [-0.25, -0.2) is 0 Å². The number of fused-ring (bicyclic) bond motifs is 8. The van der Waals surface area contributed by atoms with E-state index in [9.17, 15) is 0 Å². The Morgan fingerprint density at radius 3 is 1.07 bits per heavy atom. The van der Waals surface area contributed by atoms with Crippen molar-refractivity contribution in [3.05, 3.63) is 177 Å². The Morgan fingerprint density at radius 2 is 0.732 bits per heavy atom. The number of H-pyrrole nitrogens is 2. The number of rotatable bonds is 8. The van der Waals surface area contributed by atoms with Gasteiger partial charge in [0.05, 0.1) is 40.5 Å². The minimum absolute atomic E-state index is 0.0517. The second-order valence-corrected chi connectivity index (χ2v) is 14.5. The van der Waals surface area contributed by atoms with Gasteiger partial charge < -0.3 is 39.5 Å². The average molecular weight is 743 g/mol. The van der Waals surface area contributed by atoms with Crippen molar-refractivity contribution in [3.8, 4) is 23.0 Å². The van der Waals surface area contributed by atoms with Gasteiger partial charge in [-0.05, 0) is 121 Å². The molecule has 8 heteroatoms. The lowest BCUT2D eigenvalue weighted by Gasteiger charge is -2.20. The van der Waals surface area contributed by atoms with E-state index in [-0.39, 0.29) is 12.1 Å². The van der Waals surface area contributed by atoms with Crippen LogP contribution in [0.5, 0.6) is 23.0 Å². The molecule has 2 unspecified atom stereocenters. The summed E-state index contributed by atoms with van der Waals surface area (Å²) in [7, 11) is 6.84. The molecule has 2 aromatic heterocycles. The summed E-state index contributed by atoms with van der Waals surface area (Å²) in [4.78, 5) is 7.87. The summed E-state index contributed by atoms with van der Waals surface area (Å²) in [5, 5.41) is 10.3. The highest BCUT2D eigenvalue weighted by Gasteiger charge is 2.31. The minimum Gasteiger partial charge on any atom is -0.497 e. The molecule has 6 aromatic rings. The summed E-state index contributed by atoms with van der Waals surface area (Å²) in [6, 6.07) is 42.7. The van der Waals surface area contributed by atoms with E-state index in [1.165, 1.54) is 22.5 Å². The van der Waals surface area contributed by atoms with Gasteiger partial charge in [0.2, 0.25) is 0 Å². The van der Waals surface area contributed by atoms with Crippen molar-refractivity contribution < 1.29 is 18.9 Å². The van der Waals surface area contributed by atoms with E-state index < -0.39 is 0 Å². The molecule has 0 spiro atoms. The lowest BCUT2D eigenvalue weighted by atomic mass is 9.96. The van der Waals surface area contributed by atoms with Crippen molar-refractivity contribution in [2.75, 3.05) is 28.4 Å². The molecule has 9 rings (SSSR count). The fourth-order valence-electron chi connectivity index (χ4n) is 8.64. The fourth-order valence-corrected chi connectivity index (χ4v) is 8.64. The highest BCUT2D eigenvalue weighted by Crippen LogP contribution is 2.39. The zero-order valence-corrected chi connectivity index (χ0v) is 32.2. The third kappa shape index (κ3) is 6.51. The van der Waals surface area contributed by atoms with E-state index in [1.54, 1.807) is 28.4 Å². The second-order valence-electron chi connectivity index (χ2n) is 14.5. The van der Waals surface area contributed by atoms with Gasteiger partial charge in [-0.3, -0.25) is 0 Å². The number of aromatic nitrogens is 2. The summed E-state index contributed by atoms with van der Waals surface area (Å²) >= 11 is 0. The van der Waals surface area contributed by atoms with Crippen LogP contribution in [0.4, 0.5) is 0 Å². The van der Waals surface area contributed by atoms with Crippen LogP contribution in [0.2, 0.25) is 0 Å². The van der Waals surface area contributed by atoms with E-state index in [2.05, 4.69) is 93.4 Å². The van der Waals surface area contributed by atoms with Gasteiger partial charge in [0.1, 0.15) is 23.0 Å². The van der Waals surface area contributed by atoms with Gasteiger partial charge in [-0.2, -0.15) is 0 Å². The summed E-state index contributed by atoms with van der Waals surface area (Å²) in [6.45, 7) is 0. The van der Waals surface area contributed by atoms with Crippen LogP contribution in [0.3, 0.4) is 0 Å². The first-order valence-corrected chi connectivity index (χ1v) is 19.2. The monoisotopic (exact) mass is 742 g/mol. The predicted octanol–water partition coefficient (Wildman–Crippen LogP) is 7.51. The van der Waals surface area contributed by atoms with Crippen LogP contribution in [0.25, 0.3) is 22.3 Å². The SMILES string of the molecule is COc1ccc(/C2=C3\CCC(N3)/C(c3ccc(OC)cc3)=c3/cc/c([nH]3)=C(\c3ccc(OC)cc3)C3CC/C(=C(\c4ccc(OC)cc4)c4ccc2[nH]4)N3)cc1. The Bertz CT molecular complexity index is 2380. The van der Waals surface area contributed by atoms with Crippen LogP contribution in [-0.4, -0.2) is 50.5 Å². The number of methoxy groups -OCH3 is 4. The topological polar surface area (TPSA) is 92.6 Å². The molecule has 3 aliphatic rings. The quantitative estimate of drug-likeness (QED) is 0.129. The van der Waals surface area contributed by atoms with E-state index in [0.717, 1.165) is 104 Å². The van der Waals surface area contributed by atoms with E-state index >= 15 is 0 Å². The number of nitrogens with one attached hydrogen (secondary N) is 4. The van der Waals surface area contributed by atoms with Gasteiger partial charge in [0.15, 0.2) is 0 Å². The average Bonchev–Trinajstić information content (AvgIpc) is 4.10. The van der Waals surface area contributed by atoms with Gasteiger partial charge >= 0.3 is 0 Å². The fraction of sp³-hybridized carbons (Fsp3) is 0.208. The first-order valence-electron chi connectivity index (χ1n) is 19.2. The van der Waals surface area contributed by atoms with Crippen molar-refractivity contribution in [2.45, 2.75) is 37.8 Å². The van der Waals surface area contributed by atoms with E-state index in [1.807, 2.05) is 48.5 Å². The van der Waals surface area contributed by atoms with Crippen LogP contribution in [0.1, 0.15) is 59.3 Å². The zero-order chi connectivity index (χ0) is 38.2. The molecule has 0 radical (unpaired) electrons. The summed E-state index contributed by atoms with van der Waals surface area (Å²) < 4.78 is 22.3. The van der Waals surface area contributed by atoms with Gasteiger partial charge in [0.25, 0.3) is 0 Å². The lowest BCUT2D eigenvalue weighted by molar-refractivity contribution is 0.414. The first kappa shape index (κ1) is 35.2. The maximum absolute atomic E-state index is 5.57. The molecule has 4 aromatic carbocycles. The van der Waals surface area contributed by atoms with Crippen LogP contribution < -0.4 is 40.3 Å². The summed E-state index contributed by atoms with van der Waals surface area (Å²) in [5.74, 6) is 3.32. The molecule has 0 amide bonds. The molecule has 2 saturated heterocycles. The predicted molar refractivity (Wildman–Crippen MR) is 222 cm³/mol.